The zero-order valence-electron chi connectivity index (χ0n) is 19.0. The minimum Gasteiger partial charge on any atom is -0.379 e. The van der Waals surface area contributed by atoms with Crippen molar-refractivity contribution in [2.24, 2.45) is 0 Å². The molecule has 178 valence electrons. The molecule has 2 N–H and O–H groups in total. The van der Waals surface area contributed by atoms with Crippen molar-refractivity contribution in [3.05, 3.63) is 139 Å². The predicted molar refractivity (Wildman–Crippen MR) is 141 cm³/mol. The van der Waals surface area contributed by atoms with E-state index in [0.29, 0.717) is 39.0 Å². The third-order valence-corrected chi connectivity index (χ3v) is 6.61. The standard InChI is InChI=1S/C28H24Cl2N2O3/c1-19(20-5-3-2-4-6-20)18-31-26-17-23(11-16-27(26)32(34)35)28(33,21-7-12-24(29)13-8-21)22-9-14-25(30)15-10-22/h2-17,19,31,33H,18H2,1H3. The van der Waals surface area contributed by atoms with Gasteiger partial charge in [-0.3, -0.25) is 10.1 Å². The molecular formula is C28H24Cl2N2O3. The van der Waals surface area contributed by atoms with E-state index in [1.165, 1.54) is 6.07 Å². The van der Waals surface area contributed by atoms with E-state index in [-0.39, 0.29) is 11.6 Å². The highest BCUT2D eigenvalue weighted by Crippen LogP contribution is 2.40. The van der Waals surface area contributed by atoms with Crippen LogP contribution in [0, 0.1) is 10.1 Å². The molecule has 0 aromatic heterocycles. The maximum absolute atomic E-state index is 12.1. The molecule has 0 heterocycles. The molecule has 0 bridgehead atoms. The molecule has 0 saturated carbocycles. The van der Waals surface area contributed by atoms with E-state index in [1.54, 1.807) is 60.7 Å². The molecule has 0 fully saturated rings. The highest BCUT2D eigenvalue weighted by molar-refractivity contribution is 6.30. The minimum atomic E-state index is -1.59. The zero-order chi connectivity index (χ0) is 25.0. The molecule has 0 amide bonds. The summed E-state index contributed by atoms with van der Waals surface area (Å²) in [6, 6.07) is 28.3. The van der Waals surface area contributed by atoms with E-state index in [1.807, 2.05) is 30.3 Å². The van der Waals surface area contributed by atoms with Gasteiger partial charge in [-0.1, -0.05) is 84.7 Å². The fourth-order valence-corrected chi connectivity index (χ4v) is 4.36. The summed E-state index contributed by atoms with van der Waals surface area (Å²) in [4.78, 5) is 11.4. The summed E-state index contributed by atoms with van der Waals surface area (Å²) < 4.78 is 0. The second-order valence-corrected chi connectivity index (χ2v) is 9.28. The molecule has 0 aliphatic rings. The van der Waals surface area contributed by atoms with E-state index in [9.17, 15) is 15.2 Å². The van der Waals surface area contributed by atoms with Crippen LogP contribution in [0.1, 0.15) is 35.1 Å². The van der Waals surface area contributed by atoms with Crippen LogP contribution in [0.15, 0.2) is 97.1 Å². The molecule has 4 rings (SSSR count). The number of benzene rings is 4. The van der Waals surface area contributed by atoms with Crippen LogP contribution in [0.5, 0.6) is 0 Å². The molecule has 0 aliphatic heterocycles. The van der Waals surface area contributed by atoms with E-state index >= 15 is 0 Å². The van der Waals surface area contributed by atoms with E-state index < -0.39 is 10.5 Å². The van der Waals surface area contributed by atoms with Gasteiger partial charge in [-0.15, -0.1) is 0 Å². The lowest BCUT2D eigenvalue weighted by atomic mass is 9.80. The Morgan fingerprint density at radius 1 is 0.857 bits per heavy atom. The van der Waals surface area contributed by atoms with Crippen LogP contribution in [0.2, 0.25) is 10.0 Å². The number of nitro groups is 1. The van der Waals surface area contributed by atoms with Gasteiger partial charge >= 0.3 is 0 Å². The summed E-state index contributed by atoms with van der Waals surface area (Å²) in [7, 11) is 0. The Balaban J connectivity index is 1.78. The number of hydrogen-bond acceptors (Lipinski definition) is 4. The number of nitrogens with one attached hydrogen (secondary N) is 1. The first-order valence-corrected chi connectivity index (χ1v) is 11.9. The van der Waals surface area contributed by atoms with Crippen LogP contribution in [0.25, 0.3) is 0 Å². The van der Waals surface area contributed by atoms with Gasteiger partial charge in [0.05, 0.1) is 4.92 Å². The van der Waals surface area contributed by atoms with Gasteiger partial charge in [0.2, 0.25) is 0 Å². The molecule has 7 heteroatoms. The summed E-state index contributed by atoms with van der Waals surface area (Å²) >= 11 is 12.2. The van der Waals surface area contributed by atoms with Crippen LogP contribution in [-0.4, -0.2) is 16.6 Å². The first kappa shape index (κ1) is 24.7. The molecule has 1 atom stereocenters. The number of aliphatic hydroxyl groups is 1. The lowest BCUT2D eigenvalue weighted by Gasteiger charge is -2.30. The normalized spacial score (nSPS) is 12.2. The van der Waals surface area contributed by atoms with Crippen LogP contribution >= 0.6 is 23.2 Å². The number of nitro benzene ring substituents is 1. The van der Waals surface area contributed by atoms with Gasteiger partial charge in [-0.2, -0.15) is 0 Å². The average molecular weight is 507 g/mol. The third-order valence-electron chi connectivity index (χ3n) is 6.10. The predicted octanol–water partition coefficient (Wildman–Crippen LogP) is 7.40. The fraction of sp³-hybridized carbons (Fsp3) is 0.143. The van der Waals surface area contributed by atoms with Gasteiger partial charge in [-0.25, -0.2) is 0 Å². The van der Waals surface area contributed by atoms with Crippen molar-refractivity contribution in [2.45, 2.75) is 18.4 Å². The monoisotopic (exact) mass is 506 g/mol. The van der Waals surface area contributed by atoms with Gasteiger partial charge in [0.15, 0.2) is 0 Å². The second kappa shape index (κ2) is 10.5. The van der Waals surface area contributed by atoms with E-state index in [2.05, 4.69) is 12.2 Å². The van der Waals surface area contributed by atoms with E-state index in [4.69, 9.17) is 23.2 Å². The molecule has 5 nitrogen and oxygen atoms in total. The van der Waals surface area contributed by atoms with Crippen LogP contribution < -0.4 is 5.32 Å². The molecule has 35 heavy (non-hydrogen) atoms. The second-order valence-electron chi connectivity index (χ2n) is 8.41. The highest BCUT2D eigenvalue weighted by atomic mass is 35.5. The van der Waals surface area contributed by atoms with Crippen molar-refractivity contribution >= 4 is 34.6 Å². The van der Waals surface area contributed by atoms with Crippen LogP contribution in [0.4, 0.5) is 11.4 Å². The molecule has 0 spiro atoms. The first-order chi connectivity index (χ1) is 16.8. The molecule has 4 aromatic carbocycles. The first-order valence-electron chi connectivity index (χ1n) is 11.1. The van der Waals surface area contributed by atoms with Gasteiger partial charge in [0.25, 0.3) is 5.69 Å². The summed E-state index contributed by atoms with van der Waals surface area (Å²) in [5.41, 5.74) is 1.41. The molecule has 0 saturated heterocycles. The Hall–Kier alpha value is -3.38. The van der Waals surface area contributed by atoms with Gasteiger partial charge in [-0.05, 0) is 64.6 Å². The highest BCUT2D eigenvalue weighted by Gasteiger charge is 2.35. The number of hydrogen-bond donors (Lipinski definition) is 2. The number of nitrogens with zero attached hydrogens (tertiary/aromatic N) is 1. The lowest BCUT2D eigenvalue weighted by Crippen LogP contribution is -2.29. The van der Waals surface area contributed by atoms with Crippen molar-refractivity contribution < 1.29 is 10.0 Å². The molecule has 4 aromatic rings. The topological polar surface area (TPSA) is 75.4 Å². The SMILES string of the molecule is CC(CNc1cc(C(O)(c2ccc(Cl)cc2)c2ccc(Cl)cc2)ccc1[N+](=O)[O-])c1ccccc1. The largest absolute Gasteiger partial charge is 0.379 e. The van der Waals surface area contributed by atoms with Crippen molar-refractivity contribution in [1.29, 1.82) is 0 Å². The maximum Gasteiger partial charge on any atom is 0.292 e. The van der Waals surface area contributed by atoms with E-state index in [0.717, 1.165) is 5.56 Å². The van der Waals surface area contributed by atoms with Crippen molar-refractivity contribution in [1.82, 2.24) is 0 Å². The van der Waals surface area contributed by atoms with Crippen molar-refractivity contribution in [2.75, 3.05) is 11.9 Å². The Morgan fingerprint density at radius 3 is 1.89 bits per heavy atom. The summed E-state index contributed by atoms with van der Waals surface area (Å²) in [6.45, 7) is 2.53. The third kappa shape index (κ3) is 5.33. The van der Waals surface area contributed by atoms with Crippen LogP contribution in [0.3, 0.4) is 0 Å². The van der Waals surface area contributed by atoms with Gasteiger partial charge in [0, 0.05) is 22.7 Å². The zero-order valence-corrected chi connectivity index (χ0v) is 20.5. The number of halogens is 2. The summed E-state index contributed by atoms with van der Waals surface area (Å²) in [5.74, 6) is 0.117. The van der Waals surface area contributed by atoms with Crippen molar-refractivity contribution in [3.63, 3.8) is 0 Å². The molecular weight excluding hydrogens is 483 g/mol. The Labute approximate surface area is 214 Å². The summed E-state index contributed by atoms with van der Waals surface area (Å²) in [5, 5.41) is 28.2. The van der Waals surface area contributed by atoms with Crippen LogP contribution in [-0.2, 0) is 5.60 Å². The average Bonchev–Trinajstić information content (AvgIpc) is 2.88. The lowest BCUT2D eigenvalue weighted by molar-refractivity contribution is -0.384. The van der Waals surface area contributed by atoms with Crippen molar-refractivity contribution in [3.8, 4) is 0 Å². The number of rotatable bonds is 8. The van der Waals surface area contributed by atoms with Gasteiger partial charge in [0.1, 0.15) is 11.3 Å². The smallest absolute Gasteiger partial charge is 0.292 e. The Kier molecular flexibility index (Phi) is 7.41. The quantitative estimate of drug-likeness (QED) is 0.148. The fourth-order valence-electron chi connectivity index (χ4n) is 4.11. The van der Waals surface area contributed by atoms with Gasteiger partial charge < -0.3 is 10.4 Å². The Morgan fingerprint density at radius 2 is 1.37 bits per heavy atom. The minimum absolute atomic E-state index is 0.0661. The maximum atomic E-state index is 12.1. The Bertz CT molecular complexity index is 1270. The number of anilines is 1. The molecule has 1 unspecified atom stereocenters. The summed E-state index contributed by atoms with van der Waals surface area (Å²) in [6.07, 6.45) is 0. The molecule has 0 aliphatic carbocycles. The molecule has 0 radical (unpaired) electrons.